The fourth-order valence-electron chi connectivity index (χ4n) is 2.52. The van der Waals surface area contributed by atoms with E-state index in [0.29, 0.717) is 6.04 Å². The van der Waals surface area contributed by atoms with E-state index in [0.717, 1.165) is 43.4 Å². The van der Waals surface area contributed by atoms with Crippen LogP contribution in [-0.2, 0) is 11.3 Å². The third kappa shape index (κ3) is 3.10. The van der Waals surface area contributed by atoms with Crippen molar-refractivity contribution in [3.05, 3.63) is 18.2 Å². The van der Waals surface area contributed by atoms with Crippen LogP contribution in [-0.4, -0.2) is 57.6 Å². The van der Waals surface area contributed by atoms with Gasteiger partial charge in [0, 0.05) is 43.3 Å². The van der Waals surface area contributed by atoms with Crippen LogP contribution in [0.4, 0.5) is 0 Å². The first-order valence-electron chi connectivity index (χ1n) is 6.63. The Bertz CT molecular complexity index is 418. The molecule has 2 aliphatic heterocycles. The standard InChI is InChI=1S/C12H19N5OS/c18-12(17-1-2-19-8-17)11-3-9(5-15-11)14-6-10-4-13-7-16-10/h4,7,9,11,14-15H,1-3,5-6,8H2,(H,13,16)/t9-,11-/m0/s1. The zero-order chi connectivity index (χ0) is 13.1. The maximum atomic E-state index is 12.2. The van der Waals surface area contributed by atoms with Crippen molar-refractivity contribution in [2.45, 2.75) is 25.0 Å². The van der Waals surface area contributed by atoms with E-state index >= 15 is 0 Å². The molecule has 0 unspecified atom stereocenters. The molecule has 2 saturated heterocycles. The van der Waals surface area contributed by atoms with Crippen LogP contribution in [0.3, 0.4) is 0 Å². The number of hydrogen-bond acceptors (Lipinski definition) is 5. The van der Waals surface area contributed by atoms with Gasteiger partial charge in [-0.25, -0.2) is 4.98 Å². The normalized spacial score (nSPS) is 27.1. The molecule has 3 rings (SSSR count). The summed E-state index contributed by atoms with van der Waals surface area (Å²) in [6.45, 7) is 2.52. The lowest BCUT2D eigenvalue weighted by molar-refractivity contribution is -0.131. The molecule has 0 saturated carbocycles. The van der Waals surface area contributed by atoms with Crippen molar-refractivity contribution in [1.29, 1.82) is 0 Å². The van der Waals surface area contributed by atoms with Crippen LogP contribution in [0.5, 0.6) is 0 Å². The Kier molecular flexibility index (Phi) is 4.05. The van der Waals surface area contributed by atoms with Crippen LogP contribution in [0, 0.1) is 0 Å². The molecule has 1 aromatic rings. The molecule has 7 heteroatoms. The summed E-state index contributed by atoms with van der Waals surface area (Å²) in [6, 6.07) is 0.338. The predicted octanol–water partition coefficient (Wildman–Crippen LogP) is -0.237. The molecule has 19 heavy (non-hydrogen) atoms. The van der Waals surface area contributed by atoms with Gasteiger partial charge in [0.25, 0.3) is 0 Å². The third-order valence-electron chi connectivity index (χ3n) is 3.63. The summed E-state index contributed by atoms with van der Waals surface area (Å²) in [5.74, 6) is 2.18. The van der Waals surface area contributed by atoms with E-state index in [4.69, 9.17) is 0 Å². The number of thioether (sulfide) groups is 1. The van der Waals surface area contributed by atoms with Gasteiger partial charge in [-0.3, -0.25) is 4.79 Å². The van der Waals surface area contributed by atoms with E-state index in [1.165, 1.54) is 0 Å². The number of amides is 1. The first-order chi connectivity index (χ1) is 9.33. The minimum Gasteiger partial charge on any atom is -0.347 e. The number of H-pyrrole nitrogens is 1. The van der Waals surface area contributed by atoms with E-state index in [1.807, 2.05) is 22.9 Å². The van der Waals surface area contributed by atoms with Crippen molar-refractivity contribution >= 4 is 17.7 Å². The van der Waals surface area contributed by atoms with E-state index in [2.05, 4.69) is 20.6 Å². The average molecular weight is 281 g/mol. The number of rotatable bonds is 4. The molecule has 3 heterocycles. The highest BCUT2D eigenvalue weighted by Gasteiger charge is 2.33. The first-order valence-corrected chi connectivity index (χ1v) is 7.79. The second kappa shape index (κ2) is 5.94. The minimum atomic E-state index is -0.0158. The molecule has 104 valence electrons. The van der Waals surface area contributed by atoms with Gasteiger partial charge < -0.3 is 20.5 Å². The highest BCUT2D eigenvalue weighted by atomic mass is 32.2. The quantitative estimate of drug-likeness (QED) is 0.710. The molecule has 0 bridgehead atoms. The monoisotopic (exact) mass is 281 g/mol. The summed E-state index contributed by atoms with van der Waals surface area (Å²) in [5.41, 5.74) is 1.07. The Hall–Kier alpha value is -1.05. The van der Waals surface area contributed by atoms with Crippen LogP contribution < -0.4 is 10.6 Å². The number of nitrogens with one attached hydrogen (secondary N) is 3. The number of aromatic nitrogens is 2. The number of hydrogen-bond donors (Lipinski definition) is 3. The van der Waals surface area contributed by atoms with Gasteiger partial charge in [-0.15, -0.1) is 11.8 Å². The van der Waals surface area contributed by atoms with Crippen molar-refractivity contribution in [1.82, 2.24) is 25.5 Å². The molecule has 6 nitrogen and oxygen atoms in total. The van der Waals surface area contributed by atoms with Gasteiger partial charge in [-0.1, -0.05) is 0 Å². The van der Waals surface area contributed by atoms with Gasteiger partial charge in [0.2, 0.25) is 5.91 Å². The highest BCUT2D eigenvalue weighted by molar-refractivity contribution is 7.99. The van der Waals surface area contributed by atoms with Gasteiger partial charge in [0.1, 0.15) is 0 Å². The van der Waals surface area contributed by atoms with Crippen LogP contribution in [0.2, 0.25) is 0 Å². The molecule has 2 atom stereocenters. The van der Waals surface area contributed by atoms with Gasteiger partial charge >= 0.3 is 0 Å². The zero-order valence-electron chi connectivity index (χ0n) is 10.8. The Morgan fingerprint density at radius 1 is 1.63 bits per heavy atom. The molecule has 0 spiro atoms. The molecule has 0 aromatic carbocycles. The average Bonchev–Trinajstić information content (AvgIpc) is 3.16. The summed E-state index contributed by atoms with van der Waals surface area (Å²) >= 11 is 1.83. The number of aromatic amines is 1. The van der Waals surface area contributed by atoms with Crippen LogP contribution >= 0.6 is 11.8 Å². The lowest BCUT2D eigenvalue weighted by Gasteiger charge is -2.19. The first kappa shape index (κ1) is 13.0. The van der Waals surface area contributed by atoms with Gasteiger partial charge in [-0.2, -0.15) is 0 Å². The Balaban J connectivity index is 1.45. The molecule has 2 fully saturated rings. The van der Waals surface area contributed by atoms with Crippen LogP contribution in [0.15, 0.2) is 12.5 Å². The topological polar surface area (TPSA) is 73.0 Å². The predicted molar refractivity (Wildman–Crippen MR) is 74.7 cm³/mol. The van der Waals surface area contributed by atoms with Crippen molar-refractivity contribution < 1.29 is 4.79 Å². The summed E-state index contributed by atoms with van der Waals surface area (Å²) in [5, 5.41) is 6.77. The zero-order valence-corrected chi connectivity index (χ0v) is 11.6. The Labute approximate surface area is 116 Å². The number of nitrogens with zero attached hydrogens (tertiary/aromatic N) is 2. The molecule has 1 amide bonds. The molecule has 3 N–H and O–H groups in total. The van der Waals surface area contributed by atoms with E-state index in [1.54, 1.807) is 6.33 Å². The van der Waals surface area contributed by atoms with Crippen molar-refractivity contribution in [2.75, 3.05) is 24.7 Å². The van der Waals surface area contributed by atoms with E-state index in [9.17, 15) is 4.79 Å². The molecule has 2 aliphatic rings. The van der Waals surface area contributed by atoms with Gasteiger partial charge in [0.15, 0.2) is 0 Å². The molecule has 0 aliphatic carbocycles. The number of imidazole rings is 1. The van der Waals surface area contributed by atoms with Crippen molar-refractivity contribution in [2.24, 2.45) is 0 Å². The molecule has 1 aromatic heterocycles. The maximum Gasteiger partial charge on any atom is 0.240 e. The summed E-state index contributed by atoms with van der Waals surface area (Å²) in [7, 11) is 0. The molecule has 0 radical (unpaired) electrons. The molecular formula is C12H19N5OS. The lowest BCUT2D eigenvalue weighted by atomic mass is 10.1. The van der Waals surface area contributed by atoms with E-state index < -0.39 is 0 Å². The van der Waals surface area contributed by atoms with Crippen molar-refractivity contribution in [3.63, 3.8) is 0 Å². The van der Waals surface area contributed by atoms with Crippen LogP contribution in [0.25, 0.3) is 0 Å². The minimum absolute atomic E-state index is 0.0158. The summed E-state index contributed by atoms with van der Waals surface area (Å²) in [6.07, 6.45) is 4.37. The van der Waals surface area contributed by atoms with Gasteiger partial charge in [0.05, 0.1) is 18.2 Å². The largest absolute Gasteiger partial charge is 0.347 e. The fraction of sp³-hybridized carbons (Fsp3) is 0.667. The number of carbonyl (C=O) groups is 1. The summed E-state index contributed by atoms with van der Waals surface area (Å²) in [4.78, 5) is 21.2. The van der Waals surface area contributed by atoms with Crippen molar-refractivity contribution in [3.8, 4) is 0 Å². The molecular weight excluding hydrogens is 262 g/mol. The summed E-state index contributed by atoms with van der Waals surface area (Å²) < 4.78 is 0. The third-order valence-corrected chi connectivity index (χ3v) is 4.59. The maximum absolute atomic E-state index is 12.2. The highest BCUT2D eigenvalue weighted by Crippen LogP contribution is 2.17. The lowest BCUT2D eigenvalue weighted by Crippen LogP contribution is -2.42. The Morgan fingerprint density at radius 2 is 2.58 bits per heavy atom. The SMILES string of the molecule is O=C([C@@H]1C[C@H](NCc2cnc[nH]2)CN1)N1CCSC1. The van der Waals surface area contributed by atoms with Gasteiger partial charge in [-0.05, 0) is 6.42 Å². The fourth-order valence-corrected chi connectivity index (χ4v) is 3.48. The van der Waals surface area contributed by atoms with E-state index in [-0.39, 0.29) is 11.9 Å². The second-order valence-electron chi connectivity index (χ2n) is 4.99. The number of carbonyl (C=O) groups excluding carboxylic acids is 1. The Morgan fingerprint density at radius 3 is 3.32 bits per heavy atom. The smallest absolute Gasteiger partial charge is 0.240 e. The second-order valence-corrected chi connectivity index (χ2v) is 6.06. The van der Waals surface area contributed by atoms with Crippen LogP contribution in [0.1, 0.15) is 12.1 Å².